The summed E-state index contributed by atoms with van der Waals surface area (Å²) in [4.78, 5) is 4.86. The van der Waals surface area contributed by atoms with Gasteiger partial charge in [0.15, 0.2) is 0 Å². The fraction of sp³-hybridized carbons (Fsp3) is 0.278. The van der Waals surface area contributed by atoms with Crippen molar-refractivity contribution in [2.45, 2.75) is 33.7 Å². The molecule has 3 aromatic rings. The lowest BCUT2D eigenvalue weighted by molar-refractivity contribution is 0.624. The molecule has 1 heterocycles. The first kappa shape index (κ1) is 13.7. The van der Waals surface area contributed by atoms with Crippen LogP contribution >= 0.6 is 0 Å². The molecule has 0 atom stereocenters. The Bertz CT molecular complexity index is 813. The lowest BCUT2D eigenvalue weighted by atomic mass is 10.1. The number of nitrogens with zero attached hydrogens (tertiary/aromatic N) is 2. The molecule has 0 amide bonds. The van der Waals surface area contributed by atoms with Crippen LogP contribution in [0, 0.1) is 13.8 Å². The first-order chi connectivity index (χ1) is 9.97. The van der Waals surface area contributed by atoms with E-state index in [4.69, 9.17) is 10.7 Å². The largest absolute Gasteiger partial charge is 0.399 e. The van der Waals surface area contributed by atoms with Gasteiger partial charge in [-0.15, -0.1) is 0 Å². The molecule has 0 bridgehead atoms. The Labute approximate surface area is 125 Å². The van der Waals surface area contributed by atoms with Gasteiger partial charge in [0.1, 0.15) is 5.82 Å². The van der Waals surface area contributed by atoms with E-state index in [1.165, 1.54) is 11.1 Å². The minimum absolute atomic E-state index is 0.352. The number of aryl methyl sites for hydroxylation is 2. The van der Waals surface area contributed by atoms with Crippen molar-refractivity contribution in [1.82, 2.24) is 9.55 Å². The fourth-order valence-corrected chi connectivity index (χ4v) is 2.75. The van der Waals surface area contributed by atoms with Crippen molar-refractivity contribution in [3.05, 3.63) is 47.5 Å². The van der Waals surface area contributed by atoms with Crippen LogP contribution in [0.25, 0.3) is 22.4 Å². The number of nitrogens with two attached hydrogens (primary N) is 1. The van der Waals surface area contributed by atoms with Crippen LogP contribution in [0.1, 0.15) is 31.0 Å². The quantitative estimate of drug-likeness (QED) is 0.703. The van der Waals surface area contributed by atoms with Gasteiger partial charge in [-0.05, 0) is 69.2 Å². The van der Waals surface area contributed by atoms with E-state index in [1.54, 1.807) is 0 Å². The molecule has 0 aliphatic heterocycles. The van der Waals surface area contributed by atoms with Gasteiger partial charge in [0.2, 0.25) is 0 Å². The SMILES string of the molecule is Cc1ccc2c(c1)nc(-c1ccc(N)c(C)c1)n2C(C)C. The molecule has 1 aromatic heterocycles. The predicted octanol–water partition coefficient (Wildman–Crippen LogP) is 4.48. The molecular weight excluding hydrogens is 258 g/mol. The van der Waals surface area contributed by atoms with Crippen LogP contribution < -0.4 is 5.73 Å². The van der Waals surface area contributed by atoms with E-state index in [0.29, 0.717) is 6.04 Å². The van der Waals surface area contributed by atoms with Gasteiger partial charge >= 0.3 is 0 Å². The molecule has 2 aromatic carbocycles. The van der Waals surface area contributed by atoms with E-state index in [0.717, 1.165) is 28.2 Å². The summed E-state index contributed by atoms with van der Waals surface area (Å²) in [7, 11) is 0. The number of nitrogen functional groups attached to an aromatic ring is 1. The monoisotopic (exact) mass is 279 g/mol. The van der Waals surface area contributed by atoms with E-state index < -0.39 is 0 Å². The van der Waals surface area contributed by atoms with Gasteiger partial charge in [-0.1, -0.05) is 6.07 Å². The highest BCUT2D eigenvalue weighted by Gasteiger charge is 2.15. The highest BCUT2D eigenvalue weighted by Crippen LogP contribution is 2.30. The van der Waals surface area contributed by atoms with Gasteiger partial charge in [0, 0.05) is 17.3 Å². The van der Waals surface area contributed by atoms with Crippen LogP contribution in [-0.2, 0) is 0 Å². The van der Waals surface area contributed by atoms with E-state index in [-0.39, 0.29) is 0 Å². The van der Waals surface area contributed by atoms with Crippen molar-refractivity contribution in [2.24, 2.45) is 0 Å². The fourth-order valence-electron chi connectivity index (χ4n) is 2.75. The third-order valence-electron chi connectivity index (χ3n) is 3.89. The molecule has 0 saturated heterocycles. The summed E-state index contributed by atoms with van der Waals surface area (Å²) in [5, 5.41) is 0. The van der Waals surface area contributed by atoms with E-state index >= 15 is 0 Å². The third-order valence-corrected chi connectivity index (χ3v) is 3.89. The molecule has 0 fully saturated rings. The maximum absolute atomic E-state index is 5.93. The Balaban J connectivity index is 2.30. The number of hydrogen-bond donors (Lipinski definition) is 1. The topological polar surface area (TPSA) is 43.8 Å². The molecule has 3 nitrogen and oxygen atoms in total. The molecule has 0 saturated carbocycles. The summed E-state index contributed by atoms with van der Waals surface area (Å²) in [5.41, 5.74) is 12.4. The molecule has 3 rings (SSSR count). The zero-order valence-corrected chi connectivity index (χ0v) is 13.0. The first-order valence-electron chi connectivity index (χ1n) is 7.32. The Hall–Kier alpha value is -2.29. The molecule has 108 valence electrons. The van der Waals surface area contributed by atoms with Crippen LogP contribution in [0.15, 0.2) is 36.4 Å². The van der Waals surface area contributed by atoms with Gasteiger partial charge in [0.25, 0.3) is 0 Å². The number of anilines is 1. The number of fused-ring (bicyclic) bond motifs is 1. The van der Waals surface area contributed by atoms with Gasteiger partial charge in [-0.25, -0.2) is 4.98 Å². The number of hydrogen-bond acceptors (Lipinski definition) is 2. The number of aromatic nitrogens is 2. The van der Waals surface area contributed by atoms with Crippen molar-refractivity contribution < 1.29 is 0 Å². The highest BCUT2D eigenvalue weighted by molar-refractivity contribution is 5.82. The lowest BCUT2D eigenvalue weighted by Crippen LogP contribution is -2.03. The van der Waals surface area contributed by atoms with Crippen LogP contribution in [0.3, 0.4) is 0 Å². The summed E-state index contributed by atoms with van der Waals surface area (Å²) in [5.74, 6) is 1.01. The second kappa shape index (κ2) is 4.92. The average molecular weight is 279 g/mol. The predicted molar refractivity (Wildman–Crippen MR) is 89.4 cm³/mol. The molecule has 21 heavy (non-hydrogen) atoms. The number of benzene rings is 2. The highest BCUT2D eigenvalue weighted by atomic mass is 15.1. The summed E-state index contributed by atoms with van der Waals surface area (Å²) in [6.07, 6.45) is 0. The van der Waals surface area contributed by atoms with Crippen LogP contribution in [0.4, 0.5) is 5.69 Å². The van der Waals surface area contributed by atoms with Gasteiger partial charge in [-0.3, -0.25) is 0 Å². The molecule has 0 radical (unpaired) electrons. The van der Waals surface area contributed by atoms with Crippen LogP contribution in [0.2, 0.25) is 0 Å². The molecule has 2 N–H and O–H groups in total. The Morgan fingerprint density at radius 3 is 2.48 bits per heavy atom. The van der Waals surface area contributed by atoms with Crippen molar-refractivity contribution in [3.8, 4) is 11.4 Å². The zero-order valence-electron chi connectivity index (χ0n) is 13.0. The van der Waals surface area contributed by atoms with Gasteiger partial charge in [-0.2, -0.15) is 0 Å². The second-order valence-corrected chi connectivity index (χ2v) is 5.96. The molecule has 0 aliphatic rings. The maximum Gasteiger partial charge on any atom is 0.141 e. The second-order valence-electron chi connectivity index (χ2n) is 5.96. The molecule has 0 unspecified atom stereocenters. The average Bonchev–Trinajstić information content (AvgIpc) is 2.80. The molecule has 0 spiro atoms. The van der Waals surface area contributed by atoms with Crippen LogP contribution in [0.5, 0.6) is 0 Å². The molecule has 0 aliphatic carbocycles. The minimum Gasteiger partial charge on any atom is -0.399 e. The summed E-state index contributed by atoms with van der Waals surface area (Å²) < 4.78 is 2.29. The Morgan fingerprint density at radius 1 is 1.05 bits per heavy atom. The lowest BCUT2D eigenvalue weighted by Gasteiger charge is -2.14. The summed E-state index contributed by atoms with van der Waals surface area (Å²) >= 11 is 0. The maximum atomic E-state index is 5.93. The Kier molecular flexibility index (Phi) is 3.20. The van der Waals surface area contributed by atoms with Crippen LogP contribution in [-0.4, -0.2) is 9.55 Å². The third kappa shape index (κ3) is 2.29. The smallest absolute Gasteiger partial charge is 0.141 e. The first-order valence-corrected chi connectivity index (χ1v) is 7.32. The van der Waals surface area contributed by atoms with Crippen molar-refractivity contribution in [1.29, 1.82) is 0 Å². The van der Waals surface area contributed by atoms with Gasteiger partial charge < -0.3 is 10.3 Å². The number of rotatable bonds is 2. The summed E-state index contributed by atoms with van der Waals surface area (Å²) in [6.45, 7) is 8.51. The van der Waals surface area contributed by atoms with Crippen molar-refractivity contribution in [2.75, 3.05) is 5.73 Å². The molecule has 3 heteroatoms. The standard InChI is InChI=1S/C18H21N3/c1-11(2)21-17-8-5-12(3)9-16(17)20-18(21)14-6-7-15(19)13(4)10-14/h5-11H,19H2,1-4H3. The van der Waals surface area contributed by atoms with E-state index in [2.05, 4.69) is 55.7 Å². The van der Waals surface area contributed by atoms with E-state index in [1.807, 2.05) is 13.0 Å². The van der Waals surface area contributed by atoms with E-state index in [9.17, 15) is 0 Å². The minimum atomic E-state index is 0.352. The molecular formula is C18H21N3. The Morgan fingerprint density at radius 2 is 1.81 bits per heavy atom. The zero-order chi connectivity index (χ0) is 15.1. The normalized spacial score (nSPS) is 11.5. The van der Waals surface area contributed by atoms with Crippen molar-refractivity contribution >= 4 is 16.7 Å². The number of imidazole rings is 1. The van der Waals surface area contributed by atoms with Crippen molar-refractivity contribution in [3.63, 3.8) is 0 Å². The van der Waals surface area contributed by atoms with Gasteiger partial charge in [0.05, 0.1) is 11.0 Å². The summed E-state index contributed by atoms with van der Waals surface area (Å²) in [6, 6.07) is 12.9.